The number of hydrogen-bond donors (Lipinski definition) is 1. The van der Waals surface area contributed by atoms with Gasteiger partial charge in [0.2, 0.25) is 5.89 Å². The summed E-state index contributed by atoms with van der Waals surface area (Å²) in [5.41, 5.74) is 3.49. The molecule has 4 nitrogen and oxygen atoms in total. The molecule has 0 bridgehead atoms. The van der Waals surface area contributed by atoms with Crippen LogP contribution in [0.1, 0.15) is 10.4 Å². The van der Waals surface area contributed by atoms with Crippen LogP contribution in [0.25, 0.3) is 33.3 Å². The Morgan fingerprint density at radius 1 is 0.897 bits per heavy atom. The maximum Gasteiger partial charge on any atom is 0.255 e. The number of halogens is 1. The van der Waals surface area contributed by atoms with Gasteiger partial charge in [0, 0.05) is 27.2 Å². The van der Waals surface area contributed by atoms with Gasteiger partial charge in [-0.1, -0.05) is 54.1 Å². The molecule has 0 aliphatic carbocycles. The fourth-order valence-electron chi connectivity index (χ4n) is 3.35. The summed E-state index contributed by atoms with van der Waals surface area (Å²) >= 11 is 5.98. The second-order valence-corrected chi connectivity index (χ2v) is 7.13. The molecule has 0 saturated heterocycles. The molecule has 0 unspecified atom stereocenters. The van der Waals surface area contributed by atoms with E-state index in [4.69, 9.17) is 21.0 Å². The standard InChI is InChI=1S/C24H15ClN2O2/c25-18-8-3-6-16(13-18)23(28)26-19-9-4-7-17(14-19)24-27-22-20-10-2-1-5-15(20)11-12-21(22)29-24/h1-14H,(H,26,28). The van der Waals surface area contributed by atoms with Crippen molar-refractivity contribution in [3.05, 3.63) is 95.5 Å². The minimum absolute atomic E-state index is 0.229. The minimum atomic E-state index is -0.229. The molecule has 0 saturated carbocycles. The summed E-state index contributed by atoms with van der Waals surface area (Å²) in [6.07, 6.45) is 0. The number of aromatic nitrogens is 1. The van der Waals surface area contributed by atoms with Gasteiger partial charge >= 0.3 is 0 Å². The first-order chi connectivity index (χ1) is 14.2. The zero-order valence-electron chi connectivity index (χ0n) is 15.2. The van der Waals surface area contributed by atoms with Crippen LogP contribution in [0.2, 0.25) is 5.02 Å². The second-order valence-electron chi connectivity index (χ2n) is 6.70. The number of amides is 1. The molecule has 0 radical (unpaired) electrons. The quantitative estimate of drug-likeness (QED) is 0.374. The topological polar surface area (TPSA) is 55.1 Å². The van der Waals surface area contributed by atoms with Gasteiger partial charge in [-0.05, 0) is 47.9 Å². The molecule has 0 atom stereocenters. The van der Waals surface area contributed by atoms with E-state index in [1.54, 1.807) is 24.3 Å². The molecule has 5 aromatic rings. The van der Waals surface area contributed by atoms with E-state index >= 15 is 0 Å². The Balaban J connectivity index is 1.49. The van der Waals surface area contributed by atoms with E-state index in [0.717, 1.165) is 27.4 Å². The Labute approximate surface area is 171 Å². The second kappa shape index (κ2) is 7.08. The smallest absolute Gasteiger partial charge is 0.255 e. The molecule has 1 N–H and O–H groups in total. The van der Waals surface area contributed by atoms with Gasteiger partial charge in [-0.25, -0.2) is 4.98 Å². The van der Waals surface area contributed by atoms with Crippen LogP contribution in [0, 0.1) is 0 Å². The van der Waals surface area contributed by atoms with Crippen molar-refractivity contribution in [2.75, 3.05) is 5.32 Å². The van der Waals surface area contributed by atoms with Gasteiger partial charge in [0.15, 0.2) is 5.58 Å². The predicted octanol–water partition coefficient (Wildman–Crippen LogP) is 6.55. The summed E-state index contributed by atoms with van der Waals surface area (Å²) in [6, 6.07) is 26.3. The van der Waals surface area contributed by atoms with Gasteiger partial charge in [-0.15, -0.1) is 0 Å². The van der Waals surface area contributed by atoms with Crippen LogP contribution in [0.3, 0.4) is 0 Å². The molecular formula is C24H15ClN2O2. The summed E-state index contributed by atoms with van der Waals surface area (Å²) in [5.74, 6) is 0.281. The Bertz CT molecular complexity index is 1370. The summed E-state index contributed by atoms with van der Waals surface area (Å²) in [6.45, 7) is 0. The Morgan fingerprint density at radius 3 is 2.66 bits per heavy atom. The fourth-order valence-corrected chi connectivity index (χ4v) is 3.54. The predicted molar refractivity (Wildman–Crippen MR) is 116 cm³/mol. The Hall–Kier alpha value is -3.63. The highest BCUT2D eigenvalue weighted by Gasteiger charge is 2.12. The number of anilines is 1. The summed E-state index contributed by atoms with van der Waals surface area (Å²) in [7, 11) is 0. The lowest BCUT2D eigenvalue weighted by atomic mass is 10.1. The van der Waals surface area contributed by atoms with E-state index in [-0.39, 0.29) is 5.91 Å². The first-order valence-electron chi connectivity index (χ1n) is 9.13. The Morgan fingerprint density at radius 2 is 1.76 bits per heavy atom. The van der Waals surface area contributed by atoms with Crippen molar-refractivity contribution < 1.29 is 9.21 Å². The van der Waals surface area contributed by atoms with Gasteiger partial charge in [-0.2, -0.15) is 0 Å². The average Bonchev–Trinajstić information content (AvgIpc) is 3.19. The van der Waals surface area contributed by atoms with Crippen LogP contribution < -0.4 is 5.32 Å². The largest absolute Gasteiger partial charge is 0.436 e. The molecule has 0 aliphatic rings. The summed E-state index contributed by atoms with van der Waals surface area (Å²) in [4.78, 5) is 17.2. The third kappa shape index (κ3) is 3.35. The number of rotatable bonds is 3. The molecular weight excluding hydrogens is 384 g/mol. The van der Waals surface area contributed by atoms with Crippen molar-refractivity contribution in [1.29, 1.82) is 0 Å². The molecule has 29 heavy (non-hydrogen) atoms. The van der Waals surface area contributed by atoms with Crippen molar-refractivity contribution >= 4 is 45.1 Å². The molecule has 5 rings (SSSR count). The number of carbonyl (C=O) groups is 1. The number of nitrogens with one attached hydrogen (secondary N) is 1. The lowest BCUT2D eigenvalue weighted by Gasteiger charge is -2.06. The zero-order valence-corrected chi connectivity index (χ0v) is 16.0. The number of benzene rings is 4. The first-order valence-corrected chi connectivity index (χ1v) is 9.51. The van der Waals surface area contributed by atoms with Crippen LogP contribution >= 0.6 is 11.6 Å². The number of carbonyl (C=O) groups excluding carboxylic acids is 1. The molecule has 4 aromatic carbocycles. The normalized spacial score (nSPS) is 11.1. The van der Waals surface area contributed by atoms with E-state index < -0.39 is 0 Å². The minimum Gasteiger partial charge on any atom is -0.436 e. The SMILES string of the molecule is O=C(Nc1cccc(-c2nc3c(ccc4ccccc43)o2)c1)c1cccc(Cl)c1. The highest BCUT2D eigenvalue weighted by atomic mass is 35.5. The van der Waals surface area contributed by atoms with Gasteiger partial charge < -0.3 is 9.73 Å². The monoisotopic (exact) mass is 398 g/mol. The highest BCUT2D eigenvalue weighted by molar-refractivity contribution is 6.31. The van der Waals surface area contributed by atoms with Crippen molar-refractivity contribution in [1.82, 2.24) is 4.98 Å². The molecule has 0 spiro atoms. The maximum atomic E-state index is 12.5. The number of fused-ring (bicyclic) bond motifs is 3. The molecule has 0 fully saturated rings. The van der Waals surface area contributed by atoms with Gasteiger partial charge in [0.1, 0.15) is 5.52 Å². The van der Waals surface area contributed by atoms with Crippen molar-refractivity contribution in [3.8, 4) is 11.5 Å². The van der Waals surface area contributed by atoms with Gasteiger partial charge in [0.05, 0.1) is 0 Å². The van der Waals surface area contributed by atoms with E-state index in [2.05, 4.69) is 11.4 Å². The molecule has 0 aliphatic heterocycles. The third-order valence-corrected chi connectivity index (χ3v) is 4.97. The van der Waals surface area contributed by atoms with Gasteiger partial charge in [0.25, 0.3) is 5.91 Å². The summed E-state index contributed by atoms with van der Waals surface area (Å²) in [5, 5.41) is 5.57. The fraction of sp³-hybridized carbons (Fsp3) is 0. The van der Waals surface area contributed by atoms with Crippen molar-refractivity contribution in [2.24, 2.45) is 0 Å². The van der Waals surface area contributed by atoms with Crippen LogP contribution in [0.4, 0.5) is 5.69 Å². The van der Waals surface area contributed by atoms with Crippen molar-refractivity contribution in [3.63, 3.8) is 0 Å². The lowest BCUT2D eigenvalue weighted by molar-refractivity contribution is 0.102. The molecule has 1 aromatic heterocycles. The van der Waals surface area contributed by atoms with Crippen LogP contribution in [0.5, 0.6) is 0 Å². The number of nitrogens with zero attached hydrogens (tertiary/aromatic N) is 1. The third-order valence-electron chi connectivity index (χ3n) is 4.74. The summed E-state index contributed by atoms with van der Waals surface area (Å²) < 4.78 is 5.98. The molecule has 1 amide bonds. The molecule has 1 heterocycles. The van der Waals surface area contributed by atoms with Crippen molar-refractivity contribution in [2.45, 2.75) is 0 Å². The van der Waals surface area contributed by atoms with E-state index in [0.29, 0.717) is 22.2 Å². The van der Waals surface area contributed by atoms with Gasteiger partial charge in [-0.3, -0.25) is 4.79 Å². The maximum absolute atomic E-state index is 12.5. The zero-order chi connectivity index (χ0) is 19.8. The van der Waals surface area contributed by atoms with Crippen LogP contribution in [0.15, 0.2) is 89.3 Å². The lowest BCUT2D eigenvalue weighted by Crippen LogP contribution is -2.11. The highest BCUT2D eigenvalue weighted by Crippen LogP contribution is 2.30. The van der Waals surface area contributed by atoms with Crippen LogP contribution in [-0.4, -0.2) is 10.9 Å². The van der Waals surface area contributed by atoms with E-state index in [1.165, 1.54) is 0 Å². The molecule has 140 valence electrons. The first kappa shape index (κ1) is 17.5. The van der Waals surface area contributed by atoms with E-state index in [9.17, 15) is 4.79 Å². The number of oxazole rings is 1. The average molecular weight is 399 g/mol. The molecule has 5 heteroatoms. The Kier molecular flexibility index (Phi) is 4.26. The van der Waals surface area contributed by atoms with Crippen LogP contribution in [-0.2, 0) is 0 Å². The number of hydrogen-bond acceptors (Lipinski definition) is 3. The van der Waals surface area contributed by atoms with E-state index in [1.807, 2.05) is 54.6 Å².